The minimum atomic E-state index is -1.49. The molecule has 1 aromatic rings. The topological polar surface area (TPSA) is 130 Å². The second kappa shape index (κ2) is 5.09. The number of carboxylic acids is 2. The van der Waals surface area contributed by atoms with Crippen LogP contribution in [-0.4, -0.2) is 39.3 Å². The monoisotopic (exact) mass is 268 g/mol. The number of carbonyl (C=O) groups is 3. The predicted octanol–water partition coefficient (Wildman–Crippen LogP) is 0.210. The van der Waals surface area contributed by atoms with E-state index < -0.39 is 30.3 Å². The normalized spacial score (nSPS) is 15.8. The first-order valence-electron chi connectivity index (χ1n) is 5.69. The molecule has 8 nitrogen and oxygen atoms in total. The van der Waals surface area contributed by atoms with Gasteiger partial charge in [0.2, 0.25) is 0 Å². The van der Waals surface area contributed by atoms with E-state index in [1.807, 2.05) is 0 Å². The Kier molecular flexibility index (Phi) is 3.50. The molecule has 19 heavy (non-hydrogen) atoms. The SMILES string of the molecule is O=C(O)C[C@@H](NC(=O)c1cc(C2CC2)on1)C(=O)O. The molecule has 1 aliphatic carbocycles. The molecule has 0 bridgehead atoms. The van der Waals surface area contributed by atoms with Gasteiger partial charge in [-0.2, -0.15) is 0 Å². The van der Waals surface area contributed by atoms with E-state index >= 15 is 0 Å². The van der Waals surface area contributed by atoms with Gasteiger partial charge < -0.3 is 20.1 Å². The standard InChI is InChI=1S/C11H12N2O6/c14-9(15)4-7(11(17)18)12-10(16)6-3-8(19-13-6)5-1-2-5/h3,5,7H,1-2,4H2,(H,12,16)(H,14,15)(H,17,18)/t7-/m1/s1. The number of aliphatic carboxylic acids is 2. The second-order valence-electron chi connectivity index (χ2n) is 4.35. The fourth-order valence-corrected chi connectivity index (χ4v) is 1.56. The maximum absolute atomic E-state index is 11.7. The molecular weight excluding hydrogens is 256 g/mol. The summed E-state index contributed by atoms with van der Waals surface area (Å²) in [4.78, 5) is 33.0. The van der Waals surface area contributed by atoms with E-state index in [2.05, 4.69) is 10.5 Å². The average molecular weight is 268 g/mol. The number of hydrogen-bond acceptors (Lipinski definition) is 5. The molecule has 3 N–H and O–H groups in total. The molecule has 0 saturated heterocycles. The molecule has 8 heteroatoms. The summed E-state index contributed by atoms with van der Waals surface area (Å²) < 4.78 is 4.96. The van der Waals surface area contributed by atoms with E-state index in [0.717, 1.165) is 12.8 Å². The Balaban J connectivity index is 2.00. The number of carbonyl (C=O) groups excluding carboxylic acids is 1. The van der Waals surface area contributed by atoms with Crippen LogP contribution in [0.4, 0.5) is 0 Å². The summed E-state index contributed by atoms with van der Waals surface area (Å²) in [7, 11) is 0. The molecule has 1 heterocycles. The number of amides is 1. The fourth-order valence-electron chi connectivity index (χ4n) is 1.56. The van der Waals surface area contributed by atoms with Crippen LogP contribution in [0.1, 0.15) is 41.4 Å². The van der Waals surface area contributed by atoms with Crippen molar-refractivity contribution >= 4 is 17.8 Å². The number of aromatic nitrogens is 1. The molecule has 0 radical (unpaired) electrons. The lowest BCUT2D eigenvalue weighted by Crippen LogP contribution is -2.42. The van der Waals surface area contributed by atoms with Crippen molar-refractivity contribution in [1.29, 1.82) is 0 Å². The van der Waals surface area contributed by atoms with Crippen molar-refractivity contribution in [3.05, 3.63) is 17.5 Å². The van der Waals surface area contributed by atoms with E-state index in [9.17, 15) is 14.4 Å². The zero-order valence-corrected chi connectivity index (χ0v) is 9.83. The number of hydrogen-bond donors (Lipinski definition) is 3. The van der Waals surface area contributed by atoms with Crippen LogP contribution in [0.25, 0.3) is 0 Å². The predicted molar refractivity (Wildman–Crippen MR) is 59.6 cm³/mol. The number of rotatable bonds is 6. The largest absolute Gasteiger partial charge is 0.481 e. The molecule has 1 saturated carbocycles. The van der Waals surface area contributed by atoms with Crippen LogP contribution in [0.2, 0.25) is 0 Å². The maximum Gasteiger partial charge on any atom is 0.326 e. The highest BCUT2D eigenvalue weighted by Crippen LogP contribution is 2.40. The summed E-state index contributed by atoms with van der Waals surface area (Å²) >= 11 is 0. The highest BCUT2D eigenvalue weighted by atomic mass is 16.5. The van der Waals surface area contributed by atoms with Gasteiger partial charge in [0.1, 0.15) is 11.8 Å². The number of carboxylic acid groups (broad SMARTS) is 2. The third-order valence-corrected chi connectivity index (χ3v) is 2.72. The Bertz CT molecular complexity index is 519. The summed E-state index contributed by atoms with van der Waals surface area (Å²) in [6.45, 7) is 0. The van der Waals surface area contributed by atoms with Gasteiger partial charge in [-0.1, -0.05) is 5.16 Å². The van der Waals surface area contributed by atoms with Crippen molar-refractivity contribution in [3.8, 4) is 0 Å². The van der Waals surface area contributed by atoms with Crippen LogP contribution in [0.5, 0.6) is 0 Å². The molecular formula is C11H12N2O6. The van der Waals surface area contributed by atoms with Crippen LogP contribution in [-0.2, 0) is 9.59 Å². The lowest BCUT2D eigenvalue weighted by atomic mass is 10.2. The Labute approximate surface area is 107 Å². The summed E-state index contributed by atoms with van der Waals surface area (Å²) in [5.41, 5.74) is -0.0430. The first kappa shape index (κ1) is 13.1. The smallest absolute Gasteiger partial charge is 0.326 e. The van der Waals surface area contributed by atoms with Gasteiger partial charge in [-0.05, 0) is 12.8 Å². The van der Waals surface area contributed by atoms with Gasteiger partial charge in [0.15, 0.2) is 5.69 Å². The summed E-state index contributed by atoms with van der Waals surface area (Å²) in [5.74, 6) is -2.61. The zero-order valence-electron chi connectivity index (χ0n) is 9.83. The molecule has 0 spiro atoms. The third-order valence-electron chi connectivity index (χ3n) is 2.72. The first-order valence-corrected chi connectivity index (χ1v) is 5.69. The van der Waals surface area contributed by atoms with Crippen LogP contribution < -0.4 is 5.32 Å². The molecule has 0 unspecified atom stereocenters. The lowest BCUT2D eigenvalue weighted by molar-refractivity contribution is -0.145. The average Bonchev–Trinajstić information content (AvgIpc) is 3.05. The Morgan fingerprint density at radius 2 is 2.11 bits per heavy atom. The summed E-state index contributed by atoms with van der Waals surface area (Å²) in [5, 5.41) is 23.0. The molecule has 102 valence electrons. The summed E-state index contributed by atoms with van der Waals surface area (Å²) in [6.07, 6.45) is 1.26. The van der Waals surface area contributed by atoms with Crippen molar-refractivity contribution in [3.63, 3.8) is 0 Å². The van der Waals surface area contributed by atoms with Gasteiger partial charge in [0, 0.05) is 12.0 Å². The minimum absolute atomic E-state index is 0.0430. The van der Waals surface area contributed by atoms with Crippen LogP contribution in [0.15, 0.2) is 10.6 Å². The molecule has 1 aromatic heterocycles. The van der Waals surface area contributed by atoms with E-state index in [4.69, 9.17) is 14.7 Å². The highest BCUT2D eigenvalue weighted by Gasteiger charge is 2.30. The van der Waals surface area contributed by atoms with Crippen molar-refractivity contribution in [2.24, 2.45) is 0 Å². The van der Waals surface area contributed by atoms with E-state index in [1.54, 1.807) is 0 Å². The Hall–Kier alpha value is -2.38. The molecule has 1 amide bonds. The maximum atomic E-state index is 11.7. The van der Waals surface area contributed by atoms with Crippen molar-refractivity contribution in [1.82, 2.24) is 10.5 Å². The van der Waals surface area contributed by atoms with E-state index in [1.165, 1.54) is 6.07 Å². The number of nitrogens with one attached hydrogen (secondary N) is 1. The van der Waals surface area contributed by atoms with Crippen molar-refractivity contribution in [2.45, 2.75) is 31.2 Å². The van der Waals surface area contributed by atoms with Gasteiger partial charge in [-0.3, -0.25) is 9.59 Å². The van der Waals surface area contributed by atoms with E-state index in [0.29, 0.717) is 5.76 Å². The number of nitrogens with zero attached hydrogens (tertiary/aromatic N) is 1. The third kappa shape index (κ3) is 3.30. The molecule has 1 aliphatic rings. The van der Waals surface area contributed by atoms with Gasteiger partial charge in [0.05, 0.1) is 6.42 Å². The van der Waals surface area contributed by atoms with Gasteiger partial charge in [-0.15, -0.1) is 0 Å². The first-order chi connectivity index (χ1) is 8.97. The van der Waals surface area contributed by atoms with Crippen LogP contribution in [0, 0.1) is 0 Å². The Morgan fingerprint density at radius 1 is 1.42 bits per heavy atom. The quantitative estimate of drug-likeness (QED) is 0.672. The van der Waals surface area contributed by atoms with Gasteiger partial charge in [-0.25, -0.2) is 4.79 Å². The molecule has 1 fully saturated rings. The zero-order chi connectivity index (χ0) is 14.0. The Morgan fingerprint density at radius 3 is 2.63 bits per heavy atom. The van der Waals surface area contributed by atoms with Gasteiger partial charge >= 0.3 is 11.9 Å². The van der Waals surface area contributed by atoms with Crippen molar-refractivity contribution in [2.75, 3.05) is 0 Å². The van der Waals surface area contributed by atoms with Crippen LogP contribution in [0.3, 0.4) is 0 Å². The second-order valence-corrected chi connectivity index (χ2v) is 4.35. The van der Waals surface area contributed by atoms with E-state index in [-0.39, 0.29) is 11.6 Å². The molecule has 1 atom stereocenters. The minimum Gasteiger partial charge on any atom is -0.481 e. The molecule has 2 rings (SSSR count). The fraction of sp³-hybridized carbons (Fsp3) is 0.455. The highest BCUT2D eigenvalue weighted by molar-refractivity contribution is 5.95. The lowest BCUT2D eigenvalue weighted by Gasteiger charge is -2.10. The van der Waals surface area contributed by atoms with Crippen LogP contribution >= 0.6 is 0 Å². The summed E-state index contributed by atoms with van der Waals surface area (Å²) in [6, 6.07) is -0.0433. The van der Waals surface area contributed by atoms with Gasteiger partial charge in [0.25, 0.3) is 5.91 Å². The molecule has 0 aliphatic heterocycles. The molecule has 0 aromatic carbocycles. The van der Waals surface area contributed by atoms with Crippen molar-refractivity contribution < 1.29 is 29.1 Å².